The van der Waals surface area contributed by atoms with Gasteiger partial charge in [-0.3, -0.25) is 33.0 Å². The van der Waals surface area contributed by atoms with Gasteiger partial charge in [-0.05, 0) is 109 Å². The number of amides is 3. The summed E-state index contributed by atoms with van der Waals surface area (Å²) in [6, 6.07) is 49.6. The fourth-order valence-electron chi connectivity index (χ4n) is 12.9. The second-order valence-electron chi connectivity index (χ2n) is 24.3. The van der Waals surface area contributed by atoms with Crippen LogP contribution in [-0.2, 0) is 0 Å². The first-order valence-electron chi connectivity index (χ1n) is 31.3. The summed E-state index contributed by atoms with van der Waals surface area (Å²) in [6.45, 7) is 19.1. The van der Waals surface area contributed by atoms with Crippen molar-refractivity contribution in [2.45, 2.75) is 40.7 Å². The van der Waals surface area contributed by atoms with Gasteiger partial charge in [0, 0.05) is 118 Å². The molecule has 0 unspecified atom stereocenters. The van der Waals surface area contributed by atoms with Crippen LogP contribution in [0.5, 0.6) is 0 Å². The Morgan fingerprint density at radius 1 is 0.402 bits per heavy atom. The minimum Gasteiger partial charge on any atom is -0.321 e. The summed E-state index contributed by atoms with van der Waals surface area (Å²) in [7, 11) is 4.12. The van der Waals surface area contributed by atoms with Gasteiger partial charge in [-0.15, -0.1) is 0 Å². The lowest BCUT2D eigenvalue weighted by atomic mass is 10.0. The Morgan fingerprint density at radius 2 is 0.783 bits per heavy atom. The third-order valence-corrected chi connectivity index (χ3v) is 18.1. The van der Waals surface area contributed by atoms with Gasteiger partial charge in [0.1, 0.15) is 17.1 Å². The molecule has 3 saturated heterocycles. The summed E-state index contributed by atoms with van der Waals surface area (Å²) in [4.78, 5) is 92.9. The quantitative estimate of drug-likeness (QED) is 0.163. The third-order valence-electron chi connectivity index (χ3n) is 18.1. The second kappa shape index (κ2) is 25.1. The molecule has 0 N–H and O–H groups in total. The maximum atomic E-state index is 13.7. The van der Waals surface area contributed by atoms with Crippen molar-refractivity contribution in [3.8, 4) is 50.8 Å². The second-order valence-corrected chi connectivity index (χ2v) is 24.3. The van der Waals surface area contributed by atoms with Gasteiger partial charge in [-0.1, -0.05) is 103 Å². The summed E-state index contributed by atoms with van der Waals surface area (Å²) in [6.07, 6.45) is 1.66. The average Bonchev–Trinajstić information content (AvgIpc) is 1.49. The Kier molecular flexibility index (Phi) is 16.5. The van der Waals surface area contributed by atoms with Gasteiger partial charge < -0.3 is 24.5 Å². The maximum Gasteiger partial charge on any atom is 0.328 e. The summed E-state index contributed by atoms with van der Waals surface area (Å²) in [5.41, 5.74) is 9.36. The lowest BCUT2D eigenvalue weighted by molar-refractivity contribution is 0.120. The van der Waals surface area contributed by atoms with Crippen LogP contribution in [0, 0.1) is 20.8 Å². The molecular weight excluding hydrogens is 1160 g/mol. The first kappa shape index (κ1) is 60.6. The monoisotopic (exact) mass is 1230 g/mol. The molecule has 3 amide bonds. The predicted molar refractivity (Wildman–Crippen MR) is 359 cm³/mol. The molecule has 21 heteroatoms. The van der Waals surface area contributed by atoms with Gasteiger partial charge in [0.25, 0.3) is 16.7 Å². The molecule has 21 nitrogen and oxygen atoms in total. The molecule has 0 radical (unpaired) electrons. The number of pyridine rings is 3. The smallest absolute Gasteiger partial charge is 0.321 e. The molecule has 468 valence electrons. The van der Waals surface area contributed by atoms with Crippen LogP contribution in [0.1, 0.15) is 30.8 Å². The number of carbonyl (C=O) groups excluding carboxylic acids is 3. The zero-order valence-electron chi connectivity index (χ0n) is 52.8. The number of rotatable bonds is 4. The van der Waals surface area contributed by atoms with Crippen LogP contribution in [0.15, 0.2) is 178 Å². The molecule has 0 spiro atoms. The van der Waals surface area contributed by atoms with Crippen LogP contribution in [0.2, 0.25) is 0 Å². The van der Waals surface area contributed by atoms with Gasteiger partial charge in [-0.2, -0.15) is 29.3 Å². The fraction of sp³-hybridized carbons (Fsp3) is 0.282. The van der Waals surface area contributed by atoms with Crippen LogP contribution in [-0.4, -0.2) is 189 Å². The van der Waals surface area contributed by atoms with Crippen LogP contribution in [0.25, 0.3) is 83.5 Å². The molecule has 9 aliphatic heterocycles. The number of fused-ring (bicyclic) bond motifs is 9. The molecule has 92 heavy (non-hydrogen) atoms. The zero-order valence-corrected chi connectivity index (χ0v) is 52.8. The van der Waals surface area contributed by atoms with E-state index in [1.165, 1.54) is 14.0 Å². The van der Waals surface area contributed by atoms with Gasteiger partial charge in [-0.25, -0.2) is 14.4 Å². The molecule has 15 rings (SSSR count). The minimum absolute atomic E-state index is 0.0872. The van der Waals surface area contributed by atoms with E-state index in [2.05, 4.69) is 57.9 Å². The Hall–Kier alpha value is -10.4. The van der Waals surface area contributed by atoms with Gasteiger partial charge in [0.15, 0.2) is 0 Å². The number of aromatic nitrogens is 9. The number of hydrogen-bond acceptors (Lipinski definition) is 12. The van der Waals surface area contributed by atoms with Gasteiger partial charge in [0.2, 0.25) is 0 Å². The van der Waals surface area contributed by atoms with Crippen molar-refractivity contribution in [2.75, 3.05) is 92.6 Å². The highest BCUT2D eigenvalue weighted by atomic mass is 16.2. The Morgan fingerprint density at radius 3 is 1.22 bits per heavy atom. The molecule has 6 aromatic carbocycles. The Bertz CT molecular complexity index is 4810. The van der Waals surface area contributed by atoms with Crippen LogP contribution in [0.4, 0.5) is 14.4 Å². The number of piperazine rings is 3. The van der Waals surface area contributed by atoms with E-state index in [4.69, 9.17) is 0 Å². The fourth-order valence-corrected chi connectivity index (χ4v) is 12.9. The number of aryl methyl sites for hydroxylation is 1. The van der Waals surface area contributed by atoms with Crippen molar-refractivity contribution in [2.24, 2.45) is 0 Å². The summed E-state index contributed by atoms with van der Waals surface area (Å²) in [5.74, 6) is 0. The number of nitrogens with zero attached hydrogens (tertiary/aromatic N) is 15. The molecule has 0 atom stereocenters. The molecule has 9 aliphatic rings. The topological polar surface area (TPSA) is 190 Å². The van der Waals surface area contributed by atoms with E-state index in [0.29, 0.717) is 108 Å². The van der Waals surface area contributed by atoms with Gasteiger partial charge in [0.05, 0.1) is 50.3 Å². The van der Waals surface area contributed by atoms with Crippen LogP contribution in [0.3, 0.4) is 0 Å². The Labute approximate surface area is 531 Å². The molecule has 9 heterocycles. The zero-order chi connectivity index (χ0) is 64.1. The van der Waals surface area contributed by atoms with E-state index < -0.39 is 0 Å². The van der Waals surface area contributed by atoms with E-state index in [9.17, 15) is 28.8 Å². The molecule has 0 saturated carbocycles. The first-order chi connectivity index (χ1) is 44.6. The maximum absolute atomic E-state index is 13.7. The molecule has 0 aromatic heterocycles. The van der Waals surface area contributed by atoms with E-state index >= 15 is 0 Å². The van der Waals surface area contributed by atoms with E-state index in [1.54, 1.807) is 19.9 Å². The average molecular weight is 1230 g/mol. The van der Waals surface area contributed by atoms with Crippen molar-refractivity contribution < 1.29 is 14.4 Å². The standard InChI is InChI=1S/C25H27N5O2.2C23H23N5O2/c1-17(2)27-13-15-28(16-14-27)25(32)29-18(3)22-23(20-11-7-8-12-21(20)29)26-30(24(22)31)19-9-5-4-6-10-19;1-16-20-21(24-28(22(20)29)17-8-4-3-5-9-17)18-10-6-7-11-19(18)27(16)23(30)26-14-12-25(2)13-15-26;1-16-8-9-20-18(14-16)21-19(22(29)28(24-21)17-6-4-3-5-7-17)15-27(20)23(30)26-12-10-25(2)11-13-26/h4-12,17H,13-16H2,1-3H3;3-11H,12-15H2,1-2H3;3-9,14-15H,10-13H2,1-2H3. The third kappa shape index (κ3) is 11.1. The minimum atomic E-state index is -0.223. The van der Waals surface area contributed by atoms with Crippen LogP contribution < -0.4 is 16.7 Å². The van der Waals surface area contributed by atoms with Crippen molar-refractivity contribution in [1.29, 1.82) is 0 Å². The van der Waals surface area contributed by atoms with Crippen molar-refractivity contribution >= 4 is 50.8 Å². The van der Waals surface area contributed by atoms with Crippen molar-refractivity contribution in [3.05, 3.63) is 212 Å². The SMILES string of the molecule is Cc1c2c(=O)n(-c3ccccc3)nc-2c2ccccc2n1C(=O)N1CCN(C(C)C)CC1.Cc1c2c(=O)n(-c3ccccc3)nc-2c2ccccc2n1C(=O)N1CCN(C)CC1.Cc1ccc2c(c1)c1nn(-c3ccccc3)c(=O)c-1cn2C(=O)N1CCN(C)CC1. The highest BCUT2D eigenvalue weighted by Gasteiger charge is 2.33. The number of para-hydroxylation sites is 5. The lowest BCUT2D eigenvalue weighted by Gasteiger charge is -2.37. The van der Waals surface area contributed by atoms with E-state index in [-0.39, 0.29) is 34.8 Å². The van der Waals surface area contributed by atoms with Crippen molar-refractivity contribution in [3.63, 3.8) is 0 Å². The highest BCUT2D eigenvalue weighted by Crippen LogP contribution is 2.35. The van der Waals surface area contributed by atoms with Crippen molar-refractivity contribution in [1.82, 2.24) is 72.4 Å². The highest BCUT2D eigenvalue weighted by molar-refractivity contribution is 6.03. The van der Waals surface area contributed by atoms with E-state index in [1.807, 2.05) is 193 Å². The lowest BCUT2D eigenvalue weighted by Crippen LogP contribution is -2.52. The molecule has 6 aromatic rings. The summed E-state index contributed by atoms with van der Waals surface area (Å²) >= 11 is 0. The van der Waals surface area contributed by atoms with E-state index in [0.717, 1.165) is 77.5 Å². The molecule has 0 bridgehead atoms. The largest absolute Gasteiger partial charge is 0.328 e. The Balaban J connectivity index is 0.000000126. The molecule has 0 aliphatic carbocycles. The normalized spacial score (nSPS) is 15.2. The number of benzene rings is 6. The molecular formula is C71H73N15O6. The number of likely N-dealkylation sites (N-methyl/N-ethyl adjacent to an activating group) is 2. The summed E-state index contributed by atoms with van der Waals surface area (Å²) in [5, 5.41) is 16.4. The first-order valence-corrected chi connectivity index (χ1v) is 31.3. The molecule has 3 fully saturated rings. The summed E-state index contributed by atoms with van der Waals surface area (Å²) < 4.78 is 9.26. The number of carbonyl (C=O) groups is 3. The number of hydrogen-bond donors (Lipinski definition) is 0. The van der Waals surface area contributed by atoms with Gasteiger partial charge >= 0.3 is 18.1 Å². The van der Waals surface area contributed by atoms with Crippen LogP contribution >= 0.6 is 0 Å². The predicted octanol–water partition coefficient (Wildman–Crippen LogP) is 9.23.